The summed E-state index contributed by atoms with van der Waals surface area (Å²) in [7, 11) is -1.48. The lowest BCUT2D eigenvalue weighted by Crippen LogP contribution is -2.48. The largest absolute Gasteiger partial charge is 0.480 e. The number of aliphatic carboxylic acids is 1. The maximum atomic E-state index is 12.0. The summed E-state index contributed by atoms with van der Waals surface area (Å²) < 4.78 is 22.8. The van der Waals surface area contributed by atoms with Crippen LogP contribution in [0.15, 0.2) is 0 Å². The fourth-order valence-corrected chi connectivity index (χ4v) is 3.99. The lowest BCUT2D eigenvalue weighted by Gasteiger charge is -2.25. The Hall–Kier alpha value is -1.15. The van der Waals surface area contributed by atoms with Crippen molar-refractivity contribution in [2.75, 3.05) is 25.1 Å². The third-order valence-electron chi connectivity index (χ3n) is 3.56. The van der Waals surface area contributed by atoms with Crippen molar-refractivity contribution in [2.24, 2.45) is 5.92 Å². The molecule has 20 heavy (non-hydrogen) atoms. The minimum absolute atomic E-state index is 0.0121. The molecular formula is C12H22N2O5S. The van der Waals surface area contributed by atoms with Gasteiger partial charge < -0.3 is 10.0 Å². The monoisotopic (exact) mass is 306 g/mol. The van der Waals surface area contributed by atoms with Gasteiger partial charge in [-0.25, -0.2) is 8.42 Å². The van der Waals surface area contributed by atoms with E-state index in [0.717, 1.165) is 0 Å². The van der Waals surface area contributed by atoms with E-state index in [4.69, 9.17) is 5.11 Å². The van der Waals surface area contributed by atoms with E-state index in [1.54, 1.807) is 20.9 Å². The second-order valence-electron chi connectivity index (χ2n) is 5.50. The van der Waals surface area contributed by atoms with E-state index in [0.29, 0.717) is 6.42 Å². The molecule has 0 bridgehead atoms. The Kier molecular flexibility index (Phi) is 5.52. The summed E-state index contributed by atoms with van der Waals surface area (Å²) in [5, 5.41) is 11.7. The lowest BCUT2D eigenvalue weighted by atomic mass is 10.1. The van der Waals surface area contributed by atoms with Gasteiger partial charge in [-0.2, -0.15) is 0 Å². The van der Waals surface area contributed by atoms with Gasteiger partial charge in [0, 0.05) is 13.1 Å². The van der Waals surface area contributed by atoms with Crippen LogP contribution >= 0.6 is 0 Å². The van der Waals surface area contributed by atoms with Gasteiger partial charge in [-0.1, -0.05) is 13.8 Å². The molecule has 1 aliphatic rings. The molecule has 1 heterocycles. The predicted octanol–water partition coefficient (Wildman–Crippen LogP) is -0.669. The number of likely N-dealkylation sites (N-methyl/N-ethyl adjacent to an activating group) is 1. The zero-order chi connectivity index (χ0) is 15.5. The maximum Gasteiger partial charge on any atom is 0.320 e. The third kappa shape index (κ3) is 4.45. The molecule has 0 radical (unpaired) electrons. The molecule has 7 nitrogen and oxygen atoms in total. The number of carbonyl (C=O) groups is 2. The molecule has 116 valence electrons. The van der Waals surface area contributed by atoms with Gasteiger partial charge in [-0.15, -0.1) is 0 Å². The van der Waals surface area contributed by atoms with Crippen molar-refractivity contribution in [3.05, 3.63) is 0 Å². The molecule has 1 aliphatic heterocycles. The molecule has 1 saturated heterocycles. The summed E-state index contributed by atoms with van der Waals surface area (Å²) in [6, 6.07) is -1.10. The molecule has 1 fully saturated rings. The first kappa shape index (κ1) is 16.9. The van der Waals surface area contributed by atoms with E-state index in [1.165, 1.54) is 4.90 Å². The SMILES string of the molecule is CC(C)C(NCC(=O)N(C)C1CCS(=O)(=O)C1)C(=O)O. The van der Waals surface area contributed by atoms with Crippen molar-refractivity contribution < 1.29 is 23.1 Å². The number of hydrogen-bond acceptors (Lipinski definition) is 5. The van der Waals surface area contributed by atoms with Gasteiger partial charge >= 0.3 is 5.97 Å². The molecule has 0 saturated carbocycles. The van der Waals surface area contributed by atoms with Crippen LogP contribution in [0.1, 0.15) is 20.3 Å². The van der Waals surface area contributed by atoms with E-state index in [-0.39, 0.29) is 35.9 Å². The van der Waals surface area contributed by atoms with Crippen LogP contribution < -0.4 is 5.32 Å². The van der Waals surface area contributed by atoms with Crippen LogP contribution in [0.4, 0.5) is 0 Å². The fourth-order valence-electron chi connectivity index (χ4n) is 2.21. The Morgan fingerprint density at radius 1 is 1.40 bits per heavy atom. The second-order valence-corrected chi connectivity index (χ2v) is 7.73. The first-order chi connectivity index (χ1) is 9.14. The molecule has 2 atom stereocenters. The van der Waals surface area contributed by atoms with E-state index >= 15 is 0 Å². The zero-order valence-electron chi connectivity index (χ0n) is 12.0. The number of amides is 1. The third-order valence-corrected chi connectivity index (χ3v) is 5.31. The van der Waals surface area contributed by atoms with Crippen molar-refractivity contribution in [2.45, 2.75) is 32.4 Å². The second kappa shape index (κ2) is 6.53. The van der Waals surface area contributed by atoms with E-state index in [1.807, 2.05) is 0 Å². The Balaban J connectivity index is 2.52. The number of hydrogen-bond donors (Lipinski definition) is 2. The Morgan fingerprint density at radius 3 is 2.40 bits per heavy atom. The molecular weight excluding hydrogens is 284 g/mol. The van der Waals surface area contributed by atoms with E-state index in [9.17, 15) is 18.0 Å². The summed E-state index contributed by atoms with van der Waals surface area (Å²) in [5.41, 5.74) is 0. The summed E-state index contributed by atoms with van der Waals surface area (Å²) in [5.74, 6) is -1.34. The Bertz CT molecular complexity index is 474. The van der Waals surface area contributed by atoms with Crippen LogP contribution in [0.25, 0.3) is 0 Å². The predicted molar refractivity (Wildman–Crippen MR) is 74.1 cm³/mol. The highest BCUT2D eigenvalue weighted by atomic mass is 32.2. The van der Waals surface area contributed by atoms with Crippen molar-refractivity contribution in [1.29, 1.82) is 0 Å². The number of carboxylic acid groups (broad SMARTS) is 1. The molecule has 0 spiro atoms. The highest BCUT2D eigenvalue weighted by Gasteiger charge is 2.33. The standard InChI is InChI=1S/C12H22N2O5S/c1-8(2)11(12(16)17)13-6-10(15)14(3)9-4-5-20(18,19)7-9/h8-9,11,13H,4-7H2,1-3H3,(H,16,17). The molecule has 1 rings (SSSR count). The van der Waals surface area contributed by atoms with Crippen LogP contribution in [0, 0.1) is 5.92 Å². The molecule has 1 amide bonds. The van der Waals surface area contributed by atoms with Crippen molar-refractivity contribution >= 4 is 21.7 Å². The van der Waals surface area contributed by atoms with Crippen molar-refractivity contribution in [3.8, 4) is 0 Å². The molecule has 0 aromatic carbocycles. The topological polar surface area (TPSA) is 104 Å². The number of sulfone groups is 1. The summed E-state index contributed by atoms with van der Waals surface area (Å²) in [6.07, 6.45) is 0.442. The number of carbonyl (C=O) groups excluding carboxylic acids is 1. The van der Waals surface area contributed by atoms with Gasteiger partial charge in [0.25, 0.3) is 0 Å². The number of nitrogens with zero attached hydrogens (tertiary/aromatic N) is 1. The number of nitrogens with one attached hydrogen (secondary N) is 1. The van der Waals surface area contributed by atoms with E-state index in [2.05, 4.69) is 5.32 Å². The molecule has 0 aromatic heterocycles. The summed E-state index contributed by atoms with van der Waals surface area (Å²) >= 11 is 0. The summed E-state index contributed by atoms with van der Waals surface area (Å²) in [6.45, 7) is 3.40. The van der Waals surface area contributed by atoms with Gasteiger partial charge in [0.1, 0.15) is 6.04 Å². The lowest BCUT2D eigenvalue weighted by molar-refractivity contribution is -0.141. The van der Waals surface area contributed by atoms with Crippen LogP contribution in [-0.4, -0.2) is 67.5 Å². The molecule has 0 aromatic rings. The van der Waals surface area contributed by atoms with Gasteiger partial charge in [-0.3, -0.25) is 14.9 Å². The van der Waals surface area contributed by atoms with Gasteiger partial charge in [0.15, 0.2) is 9.84 Å². The normalized spacial score (nSPS) is 22.7. The van der Waals surface area contributed by atoms with Gasteiger partial charge in [-0.05, 0) is 12.3 Å². The average Bonchev–Trinajstić information content (AvgIpc) is 2.67. The fraction of sp³-hybridized carbons (Fsp3) is 0.833. The summed E-state index contributed by atoms with van der Waals surface area (Å²) in [4.78, 5) is 24.4. The average molecular weight is 306 g/mol. The molecule has 0 aliphatic carbocycles. The highest BCUT2D eigenvalue weighted by molar-refractivity contribution is 7.91. The Labute approximate surface area is 119 Å². The van der Waals surface area contributed by atoms with Crippen LogP contribution in [0.3, 0.4) is 0 Å². The van der Waals surface area contributed by atoms with Crippen molar-refractivity contribution in [3.63, 3.8) is 0 Å². The van der Waals surface area contributed by atoms with Crippen LogP contribution in [0.5, 0.6) is 0 Å². The first-order valence-electron chi connectivity index (χ1n) is 6.56. The van der Waals surface area contributed by atoms with Gasteiger partial charge in [0.05, 0.1) is 18.1 Å². The Morgan fingerprint density at radius 2 is 2.00 bits per heavy atom. The molecule has 8 heteroatoms. The van der Waals surface area contributed by atoms with Crippen LogP contribution in [0.2, 0.25) is 0 Å². The zero-order valence-corrected chi connectivity index (χ0v) is 12.8. The number of rotatable bonds is 6. The van der Waals surface area contributed by atoms with E-state index < -0.39 is 21.8 Å². The minimum Gasteiger partial charge on any atom is -0.480 e. The van der Waals surface area contributed by atoms with Crippen LogP contribution in [-0.2, 0) is 19.4 Å². The minimum atomic E-state index is -3.04. The smallest absolute Gasteiger partial charge is 0.320 e. The maximum absolute atomic E-state index is 12.0. The van der Waals surface area contributed by atoms with Crippen molar-refractivity contribution in [1.82, 2.24) is 10.2 Å². The van der Waals surface area contributed by atoms with Gasteiger partial charge in [0.2, 0.25) is 5.91 Å². The molecule has 2 unspecified atom stereocenters. The highest BCUT2D eigenvalue weighted by Crippen LogP contribution is 2.16. The quantitative estimate of drug-likeness (QED) is 0.674. The number of carboxylic acids is 1. The first-order valence-corrected chi connectivity index (χ1v) is 8.38. The molecule has 2 N–H and O–H groups in total.